The fraction of sp³-hybridized carbons (Fsp3) is 0.381. The molecule has 0 unspecified atom stereocenters. The molecule has 0 saturated carbocycles. The van der Waals surface area contributed by atoms with Crippen LogP contribution in [0.15, 0.2) is 42.5 Å². The SMILES string of the molecule is CC(C)N(CC(=O)N1CCS[C@H]1c1ccccc1Cl)Cc1cc(F)cc(F)c1. The van der Waals surface area contributed by atoms with Gasteiger partial charge in [0.25, 0.3) is 0 Å². The number of hydrogen-bond donors (Lipinski definition) is 0. The Balaban J connectivity index is 1.74. The number of thioether (sulfide) groups is 1. The zero-order valence-electron chi connectivity index (χ0n) is 15.9. The zero-order valence-corrected chi connectivity index (χ0v) is 17.4. The maximum Gasteiger partial charge on any atom is 0.237 e. The number of rotatable bonds is 6. The normalized spacial score (nSPS) is 17.0. The molecule has 7 heteroatoms. The second-order valence-corrected chi connectivity index (χ2v) is 8.70. The van der Waals surface area contributed by atoms with Crippen LogP contribution in [-0.4, -0.2) is 40.6 Å². The molecule has 0 aromatic heterocycles. The van der Waals surface area contributed by atoms with Gasteiger partial charge in [-0.3, -0.25) is 9.69 Å². The fourth-order valence-electron chi connectivity index (χ4n) is 3.28. The Morgan fingerprint density at radius 1 is 1.25 bits per heavy atom. The van der Waals surface area contributed by atoms with Crippen LogP contribution in [0.25, 0.3) is 0 Å². The van der Waals surface area contributed by atoms with Crippen LogP contribution in [0.1, 0.15) is 30.3 Å². The van der Waals surface area contributed by atoms with Crippen LogP contribution in [0, 0.1) is 11.6 Å². The highest BCUT2D eigenvalue weighted by atomic mass is 35.5. The number of amides is 1. The van der Waals surface area contributed by atoms with Crippen LogP contribution in [-0.2, 0) is 11.3 Å². The molecule has 0 spiro atoms. The first-order chi connectivity index (χ1) is 13.3. The third-order valence-corrected chi connectivity index (χ3v) is 6.35. The lowest BCUT2D eigenvalue weighted by molar-refractivity contribution is -0.133. The van der Waals surface area contributed by atoms with Gasteiger partial charge in [0.1, 0.15) is 17.0 Å². The van der Waals surface area contributed by atoms with Crippen LogP contribution in [0.2, 0.25) is 5.02 Å². The molecule has 1 aliphatic heterocycles. The summed E-state index contributed by atoms with van der Waals surface area (Å²) in [5.41, 5.74) is 1.45. The van der Waals surface area contributed by atoms with Crippen molar-refractivity contribution in [3.8, 4) is 0 Å². The number of nitrogens with zero attached hydrogens (tertiary/aromatic N) is 2. The van der Waals surface area contributed by atoms with Gasteiger partial charge in [0.15, 0.2) is 0 Å². The minimum atomic E-state index is -0.611. The number of halogens is 3. The Bertz CT molecular complexity index is 829. The second-order valence-electron chi connectivity index (χ2n) is 7.11. The molecule has 1 heterocycles. The van der Waals surface area contributed by atoms with Crippen molar-refractivity contribution in [2.75, 3.05) is 18.8 Å². The van der Waals surface area contributed by atoms with Crippen molar-refractivity contribution in [1.29, 1.82) is 0 Å². The number of carbonyl (C=O) groups excluding carboxylic acids is 1. The van der Waals surface area contributed by atoms with Gasteiger partial charge in [0.05, 0.1) is 6.54 Å². The molecule has 150 valence electrons. The standard InChI is InChI=1S/C21H23ClF2N2OS/c1-14(2)25(12-15-9-16(23)11-17(24)10-15)13-20(27)26-7-8-28-21(26)18-5-3-4-6-19(18)22/h3-6,9-11,14,21H,7-8,12-13H2,1-2H3/t21-/m0/s1. The first kappa shape index (κ1) is 21.1. The van der Waals surface area contributed by atoms with E-state index >= 15 is 0 Å². The summed E-state index contributed by atoms with van der Waals surface area (Å²) < 4.78 is 27.0. The third-order valence-electron chi connectivity index (χ3n) is 4.76. The molecule has 0 radical (unpaired) electrons. The zero-order chi connectivity index (χ0) is 20.3. The monoisotopic (exact) mass is 424 g/mol. The smallest absolute Gasteiger partial charge is 0.237 e. The lowest BCUT2D eigenvalue weighted by atomic mass is 10.1. The topological polar surface area (TPSA) is 23.6 Å². The van der Waals surface area contributed by atoms with Crippen molar-refractivity contribution in [1.82, 2.24) is 9.80 Å². The van der Waals surface area contributed by atoms with Crippen LogP contribution < -0.4 is 0 Å². The van der Waals surface area contributed by atoms with Crippen molar-refractivity contribution in [2.45, 2.75) is 31.8 Å². The molecule has 28 heavy (non-hydrogen) atoms. The molecule has 1 atom stereocenters. The maximum absolute atomic E-state index is 13.5. The fourth-order valence-corrected chi connectivity index (χ4v) is 4.90. The lowest BCUT2D eigenvalue weighted by Crippen LogP contribution is -2.42. The molecule has 2 aromatic carbocycles. The number of benzene rings is 2. The highest BCUT2D eigenvalue weighted by Crippen LogP contribution is 2.40. The molecule has 0 bridgehead atoms. The molecule has 3 nitrogen and oxygen atoms in total. The van der Waals surface area contributed by atoms with E-state index in [1.165, 1.54) is 12.1 Å². The molecule has 1 amide bonds. The van der Waals surface area contributed by atoms with Gasteiger partial charge < -0.3 is 4.90 Å². The Labute approximate surface area is 173 Å². The molecular formula is C21H23ClF2N2OS. The molecule has 2 aromatic rings. The molecule has 0 aliphatic carbocycles. The van der Waals surface area contributed by atoms with Crippen molar-refractivity contribution >= 4 is 29.3 Å². The first-order valence-electron chi connectivity index (χ1n) is 9.19. The van der Waals surface area contributed by atoms with E-state index in [-0.39, 0.29) is 23.9 Å². The van der Waals surface area contributed by atoms with E-state index in [0.29, 0.717) is 23.7 Å². The minimum absolute atomic E-state index is 0.0134. The Morgan fingerprint density at radius 3 is 2.57 bits per heavy atom. The second kappa shape index (κ2) is 9.25. The third kappa shape index (κ3) is 5.04. The van der Waals surface area contributed by atoms with Gasteiger partial charge in [-0.2, -0.15) is 0 Å². The molecule has 1 saturated heterocycles. The van der Waals surface area contributed by atoms with Gasteiger partial charge in [-0.1, -0.05) is 29.8 Å². The van der Waals surface area contributed by atoms with Crippen LogP contribution in [0.5, 0.6) is 0 Å². The molecule has 0 N–H and O–H groups in total. The summed E-state index contributed by atoms with van der Waals surface area (Å²) in [6.07, 6.45) is 0. The summed E-state index contributed by atoms with van der Waals surface area (Å²) >= 11 is 8.03. The molecule has 3 rings (SSSR count). The van der Waals surface area contributed by atoms with E-state index in [0.717, 1.165) is 17.4 Å². The summed E-state index contributed by atoms with van der Waals surface area (Å²) in [5.74, 6) is -0.390. The van der Waals surface area contributed by atoms with E-state index in [9.17, 15) is 13.6 Å². The van der Waals surface area contributed by atoms with Gasteiger partial charge in [-0.15, -0.1) is 11.8 Å². The van der Waals surface area contributed by atoms with Crippen molar-refractivity contribution in [3.63, 3.8) is 0 Å². The van der Waals surface area contributed by atoms with Crippen molar-refractivity contribution < 1.29 is 13.6 Å². The number of carbonyl (C=O) groups is 1. The summed E-state index contributed by atoms with van der Waals surface area (Å²) in [7, 11) is 0. The van der Waals surface area contributed by atoms with Gasteiger partial charge in [-0.25, -0.2) is 8.78 Å². The van der Waals surface area contributed by atoms with Gasteiger partial charge in [-0.05, 0) is 37.6 Å². The highest BCUT2D eigenvalue weighted by Gasteiger charge is 2.32. The summed E-state index contributed by atoms with van der Waals surface area (Å²) in [6, 6.07) is 11.1. The quantitative estimate of drug-likeness (QED) is 0.644. The Morgan fingerprint density at radius 2 is 1.93 bits per heavy atom. The lowest BCUT2D eigenvalue weighted by Gasteiger charge is -2.30. The predicted molar refractivity (Wildman–Crippen MR) is 110 cm³/mol. The minimum Gasteiger partial charge on any atom is -0.325 e. The van der Waals surface area contributed by atoms with Crippen molar-refractivity contribution in [3.05, 3.63) is 70.2 Å². The predicted octanol–water partition coefficient (Wildman–Crippen LogP) is 5.10. The van der Waals surface area contributed by atoms with E-state index in [2.05, 4.69) is 0 Å². The molecular weight excluding hydrogens is 402 g/mol. The van der Waals surface area contributed by atoms with Gasteiger partial charge in [0, 0.05) is 41.5 Å². The van der Waals surface area contributed by atoms with E-state index in [1.807, 2.05) is 47.9 Å². The van der Waals surface area contributed by atoms with Gasteiger partial charge >= 0.3 is 0 Å². The van der Waals surface area contributed by atoms with E-state index in [4.69, 9.17) is 11.6 Å². The summed E-state index contributed by atoms with van der Waals surface area (Å²) in [6.45, 7) is 5.06. The Kier molecular flexibility index (Phi) is 6.96. The van der Waals surface area contributed by atoms with Crippen molar-refractivity contribution in [2.24, 2.45) is 0 Å². The van der Waals surface area contributed by atoms with Crippen LogP contribution in [0.4, 0.5) is 8.78 Å². The summed E-state index contributed by atoms with van der Waals surface area (Å²) in [5, 5.41) is 0.539. The molecule has 1 aliphatic rings. The highest BCUT2D eigenvalue weighted by molar-refractivity contribution is 7.99. The van der Waals surface area contributed by atoms with Gasteiger partial charge in [0.2, 0.25) is 5.91 Å². The number of hydrogen-bond acceptors (Lipinski definition) is 3. The molecule has 1 fully saturated rings. The first-order valence-corrected chi connectivity index (χ1v) is 10.6. The maximum atomic E-state index is 13.5. The van der Waals surface area contributed by atoms with Crippen LogP contribution in [0.3, 0.4) is 0 Å². The Hall–Kier alpha value is -1.63. The van der Waals surface area contributed by atoms with E-state index < -0.39 is 11.6 Å². The van der Waals surface area contributed by atoms with E-state index in [1.54, 1.807) is 11.8 Å². The largest absolute Gasteiger partial charge is 0.325 e. The van der Waals surface area contributed by atoms with Crippen LogP contribution >= 0.6 is 23.4 Å². The summed E-state index contributed by atoms with van der Waals surface area (Å²) in [4.78, 5) is 16.8. The average Bonchev–Trinajstić information content (AvgIpc) is 3.10. The average molecular weight is 425 g/mol.